The molecule has 2 N–H and O–H groups in total. The van der Waals surface area contributed by atoms with Crippen molar-refractivity contribution in [2.75, 3.05) is 12.4 Å². The lowest BCUT2D eigenvalue weighted by atomic mass is 10.3. The van der Waals surface area contributed by atoms with Gasteiger partial charge in [0.25, 0.3) is 0 Å². The number of carbonyl (C=O) groups excluding carboxylic acids is 1. The van der Waals surface area contributed by atoms with Crippen LogP contribution < -0.4 is 15.4 Å². The number of benzene rings is 1. The molecule has 0 unspecified atom stereocenters. The molecule has 0 fully saturated rings. The van der Waals surface area contributed by atoms with Crippen LogP contribution in [0.4, 0.5) is 10.5 Å². The average molecular weight is 328 g/mol. The number of para-hydroxylation sites is 2. The fourth-order valence-corrected chi connectivity index (χ4v) is 2.79. The van der Waals surface area contributed by atoms with Crippen molar-refractivity contribution < 1.29 is 13.9 Å². The number of methoxy groups -OCH3 is 1. The summed E-state index contributed by atoms with van der Waals surface area (Å²) in [6, 6.07) is 14.7. The normalized spacial score (nSPS) is 10.3. The lowest BCUT2D eigenvalue weighted by Crippen LogP contribution is -2.28. The fraction of sp³-hybridized carbons (Fsp3) is 0.118. The van der Waals surface area contributed by atoms with E-state index in [1.165, 1.54) is 0 Å². The highest BCUT2D eigenvalue weighted by Gasteiger charge is 2.09. The molecule has 2 amide bonds. The van der Waals surface area contributed by atoms with Crippen LogP contribution in [0, 0.1) is 0 Å². The summed E-state index contributed by atoms with van der Waals surface area (Å²) in [6.07, 6.45) is 0. The number of thiophene rings is 1. The van der Waals surface area contributed by atoms with Crippen LogP contribution in [-0.2, 0) is 6.54 Å². The second kappa shape index (κ2) is 7.02. The van der Waals surface area contributed by atoms with Gasteiger partial charge in [-0.1, -0.05) is 18.2 Å². The zero-order valence-electron chi connectivity index (χ0n) is 12.5. The predicted molar refractivity (Wildman–Crippen MR) is 90.9 cm³/mol. The van der Waals surface area contributed by atoms with Gasteiger partial charge in [-0.25, -0.2) is 4.79 Å². The van der Waals surface area contributed by atoms with E-state index in [2.05, 4.69) is 10.6 Å². The first-order chi connectivity index (χ1) is 11.3. The Balaban J connectivity index is 1.57. The van der Waals surface area contributed by atoms with Crippen LogP contribution in [0.5, 0.6) is 5.75 Å². The molecule has 23 heavy (non-hydrogen) atoms. The van der Waals surface area contributed by atoms with Crippen LogP contribution in [0.3, 0.4) is 0 Å². The van der Waals surface area contributed by atoms with Crippen molar-refractivity contribution in [2.24, 2.45) is 0 Å². The summed E-state index contributed by atoms with van der Waals surface area (Å²) in [6.45, 7) is 0.312. The number of hydrogen-bond donors (Lipinski definition) is 2. The molecule has 0 radical (unpaired) electrons. The molecule has 5 nitrogen and oxygen atoms in total. The van der Waals surface area contributed by atoms with Crippen LogP contribution in [0.1, 0.15) is 5.76 Å². The third-order valence-electron chi connectivity index (χ3n) is 3.20. The highest BCUT2D eigenvalue weighted by molar-refractivity contribution is 7.13. The largest absolute Gasteiger partial charge is 0.495 e. The molecule has 3 aromatic rings. The summed E-state index contributed by atoms with van der Waals surface area (Å²) in [5.41, 5.74) is 0.617. The van der Waals surface area contributed by atoms with Crippen molar-refractivity contribution in [3.63, 3.8) is 0 Å². The second-order valence-electron chi connectivity index (χ2n) is 4.75. The number of carbonyl (C=O) groups is 1. The van der Waals surface area contributed by atoms with Crippen molar-refractivity contribution >= 4 is 23.1 Å². The monoisotopic (exact) mass is 328 g/mol. The molecule has 0 aliphatic heterocycles. The number of urea groups is 1. The molecule has 0 bridgehead atoms. The Labute approximate surface area is 137 Å². The number of anilines is 1. The van der Waals surface area contributed by atoms with Crippen molar-refractivity contribution in [1.82, 2.24) is 5.32 Å². The zero-order valence-corrected chi connectivity index (χ0v) is 13.4. The molecular weight excluding hydrogens is 312 g/mol. The van der Waals surface area contributed by atoms with Crippen molar-refractivity contribution in [1.29, 1.82) is 0 Å². The minimum atomic E-state index is -0.316. The lowest BCUT2D eigenvalue weighted by Gasteiger charge is -2.10. The van der Waals surface area contributed by atoms with Gasteiger partial charge in [-0.3, -0.25) is 0 Å². The molecule has 0 aliphatic carbocycles. The van der Waals surface area contributed by atoms with Gasteiger partial charge in [-0.15, -0.1) is 11.3 Å². The number of hydrogen-bond acceptors (Lipinski definition) is 4. The minimum absolute atomic E-state index is 0.312. The summed E-state index contributed by atoms with van der Waals surface area (Å²) in [5.74, 6) is 2.12. The van der Waals surface area contributed by atoms with E-state index in [4.69, 9.17) is 9.15 Å². The van der Waals surface area contributed by atoms with Crippen molar-refractivity contribution in [3.05, 3.63) is 59.7 Å². The van der Waals surface area contributed by atoms with Crippen LogP contribution in [0.2, 0.25) is 0 Å². The SMILES string of the molecule is COc1ccccc1NC(=O)NCc1ccc(-c2cccs2)o1. The molecule has 0 atom stereocenters. The predicted octanol–water partition coefficient (Wildman–Crippen LogP) is 4.34. The third-order valence-corrected chi connectivity index (χ3v) is 4.09. The van der Waals surface area contributed by atoms with Gasteiger partial charge >= 0.3 is 6.03 Å². The number of ether oxygens (including phenoxy) is 1. The molecular formula is C17H16N2O3S. The van der Waals surface area contributed by atoms with Gasteiger partial charge in [-0.05, 0) is 35.7 Å². The van der Waals surface area contributed by atoms with Crippen LogP contribution in [0.15, 0.2) is 58.3 Å². The highest BCUT2D eigenvalue weighted by Crippen LogP contribution is 2.26. The van der Waals surface area contributed by atoms with Gasteiger partial charge < -0.3 is 19.8 Å². The van der Waals surface area contributed by atoms with Gasteiger partial charge in [-0.2, -0.15) is 0 Å². The quantitative estimate of drug-likeness (QED) is 0.732. The van der Waals surface area contributed by atoms with E-state index >= 15 is 0 Å². The van der Waals surface area contributed by atoms with E-state index in [1.54, 1.807) is 30.6 Å². The fourth-order valence-electron chi connectivity index (χ4n) is 2.11. The Bertz CT molecular complexity index is 781. The molecule has 3 rings (SSSR count). The van der Waals surface area contributed by atoms with Crippen LogP contribution >= 0.6 is 11.3 Å². The molecule has 1 aromatic carbocycles. The molecule has 0 aliphatic rings. The van der Waals surface area contributed by atoms with E-state index in [0.717, 1.165) is 10.6 Å². The van der Waals surface area contributed by atoms with Gasteiger partial charge in [0.15, 0.2) is 0 Å². The summed E-state index contributed by atoms with van der Waals surface area (Å²) in [7, 11) is 1.56. The highest BCUT2D eigenvalue weighted by atomic mass is 32.1. The summed E-state index contributed by atoms with van der Waals surface area (Å²) in [4.78, 5) is 13.0. The Hall–Kier alpha value is -2.73. The molecule has 0 saturated heterocycles. The maximum Gasteiger partial charge on any atom is 0.319 e. The van der Waals surface area contributed by atoms with Gasteiger partial charge in [0.2, 0.25) is 0 Å². The van der Waals surface area contributed by atoms with Crippen molar-refractivity contribution in [2.45, 2.75) is 6.54 Å². The van der Waals surface area contributed by atoms with E-state index in [1.807, 2.05) is 41.8 Å². The topological polar surface area (TPSA) is 63.5 Å². The number of nitrogens with one attached hydrogen (secondary N) is 2. The van der Waals surface area contributed by atoms with Gasteiger partial charge in [0, 0.05) is 0 Å². The Morgan fingerprint density at radius 2 is 2.04 bits per heavy atom. The number of furan rings is 1. The second-order valence-corrected chi connectivity index (χ2v) is 5.70. The third kappa shape index (κ3) is 3.73. The Morgan fingerprint density at radius 1 is 1.17 bits per heavy atom. The lowest BCUT2D eigenvalue weighted by molar-refractivity contribution is 0.250. The summed E-state index contributed by atoms with van der Waals surface area (Å²) < 4.78 is 10.9. The van der Waals surface area contributed by atoms with E-state index in [9.17, 15) is 4.79 Å². The molecule has 2 aromatic heterocycles. The maximum atomic E-state index is 12.0. The summed E-state index contributed by atoms with van der Waals surface area (Å²) >= 11 is 1.61. The zero-order chi connectivity index (χ0) is 16.1. The summed E-state index contributed by atoms with van der Waals surface area (Å²) in [5, 5.41) is 7.51. The first-order valence-electron chi connectivity index (χ1n) is 7.07. The minimum Gasteiger partial charge on any atom is -0.495 e. The van der Waals surface area contributed by atoms with Crippen molar-refractivity contribution in [3.8, 4) is 16.4 Å². The van der Waals surface area contributed by atoms with Gasteiger partial charge in [0.05, 0.1) is 24.2 Å². The average Bonchev–Trinajstić information content (AvgIpc) is 3.24. The van der Waals surface area contributed by atoms with E-state index < -0.39 is 0 Å². The maximum absolute atomic E-state index is 12.0. The molecule has 2 heterocycles. The Kier molecular flexibility index (Phi) is 4.63. The standard InChI is InChI=1S/C17H16N2O3S/c1-21-14-6-3-2-5-13(14)19-17(20)18-11-12-8-9-15(22-12)16-7-4-10-23-16/h2-10H,11H2,1H3,(H2,18,19,20). The molecule has 0 spiro atoms. The van der Waals surface area contributed by atoms with Crippen LogP contribution in [0.25, 0.3) is 10.6 Å². The first kappa shape index (κ1) is 15.2. The molecule has 6 heteroatoms. The Morgan fingerprint density at radius 3 is 2.83 bits per heavy atom. The van der Waals surface area contributed by atoms with E-state index in [-0.39, 0.29) is 6.03 Å². The molecule has 0 saturated carbocycles. The van der Waals surface area contributed by atoms with Crippen LogP contribution in [-0.4, -0.2) is 13.1 Å². The number of amides is 2. The smallest absolute Gasteiger partial charge is 0.319 e. The number of rotatable bonds is 5. The van der Waals surface area contributed by atoms with E-state index in [0.29, 0.717) is 23.7 Å². The molecule has 118 valence electrons. The first-order valence-corrected chi connectivity index (χ1v) is 7.94. The van der Waals surface area contributed by atoms with Gasteiger partial charge in [0.1, 0.15) is 17.3 Å².